The highest BCUT2D eigenvalue weighted by molar-refractivity contribution is 7.08. The maximum atomic E-state index is 12.5. The van der Waals surface area contributed by atoms with Gasteiger partial charge in [0.05, 0.1) is 5.69 Å². The molecule has 1 N–H and O–H groups in total. The van der Waals surface area contributed by atoms with E-state index in [0.717, 1.165) is 36.5 Å². The molecule has 0 aromatic carbocycles. The van der Waals surface area contributed by atoms with Gasteiger partial charge in [-0.25, -0.2) is 0 Å². The van der Waals surface area contributed by atoms with Crippen molar-refractivity contribution in [1.29, 1.82) is 0 Å². The zero-order valence-corrected chi connectivity index (χ0v) is 12.0. The van der Waals surface area contributed by atoms with Gasteiger partial charge in [0, 0.05) is 25.2 Å². The molecular weight excluding hydrogens is 248 g/mol. The number of piperazine rings is 1. The van der Waals surface area contributed by atoms with Crippen LogP contribution in [0.25, 0.3) is 0 Å². The van der Waals surface area contributed by atoms with Crippen LogP contribution in [0, 0.1) is 0 Å². The summed E-state index contributed by atoms with van der Waals surface area (Å²) in [5.74, 6) is 0.0919. The van der Waals surface area contributed by atoms with Crippen LogP contribution in [0.1, 0.15) is 42.6 Å². The first-order valence-electron chi connectivity index (χ1n) is 6.49. The largest absolute Gasteiger partial charge is 0.332 e. The second kappa shape index (κ2) is 5.75. The highest BCUT2D eigenvalue weighted by Gasteiger charge is 2.29. The molecule has 0 radical (unpaired) electrons. The topological polar surface area (TPSA) is 58.1 Å². The normalized spacial score (nSPS) is 24.3. The Morgan fingerprint density at radius 3 is 3.06 bits per heavy atom. The van der Waals surface area contributed by atoms with Gasteiger partial charge < -0.3 is 10.2 Å². The first-order chi connectivity index (χ1) is 8.63. The number of amides is 1. The molecule has 1 amide bonds. The van der Waals surface area contributed by atoms with E-state index in [4.69, 9.17) is 0 Å². The molecule has 0 aliphatic carbocycles. The van der Waals surface area contributed by atoms with Crippen molar-refractivity contribution < 1.29 is 4.79 Å². The summed E-state index contributed by atoms with van der Waals surface area (Å²) in [6, 6.07) is 0.575. The maximum Gasteiger partial charge on any atom is 0.267 e. The molecule has 0 spiro atoms. The molecular formula is C12H20N4OS. The third kappa shape index (κ3) is 2.70. The standard InChI is InChI=1S/C12H20N4OS/c1-4-5-10-11(18-15-14-10)12(17)16-7-8(2)13-6-9(16)3/h8-9,13H,4-7H2,1-3H3. The number of hydrogen-bond donors (Lipinski definition) is 1. The average molecular weight is 268 g/mol. The van der Waals surface area contributed by atoms with E-state index in [0.29, 0.717) is 6.04 Å². The second-order valence-corrected chi connectivity index (χ2v) is 5.67. The third-order valence-electron chi connectivity index (χ3n) is 3.26. The zero-order valence-electron chi connectivity index (χ0n) is 11.1. The van der Waals surface area contributed by atoms with E-state index in [-0.39, 0.29) is 11.9 Å². The van der Waals surface area contributed by atoms with Crippen LogP contribution >= 0.6 is 11.5 Å². The molecule has 1 aliphatic rings. The summed E-state index contributed by atoms with van der Waals surface area (Å²) in [4.78, 5) is 15.2. The minimum Gasteiger partial charge on any atom is -0.332 e. The fourth-order valence-electron chi connectivity index (χ4n) is 2.21. The minimum absolute atomic E-state index is 0.0919. The lowest BCUT2D eigenvalue weighted by Gasteiger charge is -2.37. The first-order valence-corrected chi connectivity index (χ1v) is 7.26. The molecule has 1 aromatic heterocycles. The van der Waals surface area contributed by atoms with Crippen LogP contribution in [0.5, 0.6) is 0 Å². The van der Waals surface area contributed by atoms with E-state index in [1.807, 2.05) is 4.90 Å². The van der Waals surface area contributed by atoms with Gasteiger partial charge in [-0.05, 0) is 31.8 Å². The second-order valence-electron chi connectivity index (χ2n) is 4.91. The SMILES string of the molecule is CCCc1nnsc1C(=O)N1CC(C)NCC1C. The van der Waals surface area contributed by atoms with Crippen LogP contribution in [-0.2, 0) is 6.42 Å². The van der Waals surface area contributed by atoms with Crippen LogP contribution in [0.2, 0.25) is 0 Å². The summed E-state index contributed by atoms with van der Waals surface area (Å²) in [7, 11) is 0. The molecule has 1 fully saturated rings. The van der Waals surface area contributed by atoms with E-state index in [1.165, 1.54) is 11.5 Å². The van der Waals surface area contributed by atoms with Gasteiger partial charge in [0.15, 0.2) is 0 Å². The number of aryl methyl sites for hydroxylation is 1. The highest BCUT2D eigenvalue weighted by Crippen LogP contribution is 2.18. The van der Waals surface area contributed by atoms with Gasteiger partial charge in [-0.15, -0.1) is 5.10 Å². The predicted octanol–water partition coefficient (Wildman–Crippen LogP) is 1.31. The summed E-state index contributed by atoms with van der Waals surface area (Å²) < 4.78 is 3.93. The lowest BCUT2D eigenvalue weighted by molar-refractivity contribution is 0.0620. The summed E-state index contributed by atoms with van der Waals surface area (Å²) in [6.45, 7) is 7.86. The van der Waals surface area contributed by atoms with Gasteiger partial charge in [0.2, 0.25) is 0 Å². The van der Waals surface area contributed by atoms with Crippen molar-refractivity contribution in [3.63, 3.8) is 0 Å². The Kier molecular flexibility index (Phi) is 4.29. The maximum absolute atomic E-state index is 12.5. The van der Waals surface area contributed by atoms with E-state index < -0.39 is 0 Å². The molecule has 2 atom stereocenters. The van der Waals surface area contributed by atoms with E-state index >= 15 is 0 Å². The fourth-order valence-corrected chi connectivity index (χ4v) is 2.87. The molecule has 1 aromatic rings. The van der Waals surface area contributed by atoms with Crippen LogP contribution < -0.4 is 5.32 Å². The Balaban J connectivity index is 2.16. The van der Waals surface area contributed by atoms with Crippen molar-refractivity contribution in [2.75, 3.05) is 13.1 Å². The number of nitrogens with one attached hydrogen (secondary N) is 1. The number of rotatable bonds is 3. The Labute approximate surface area is 112 Å². The molecule has 5 nitrogen and oxygen atoms in total. The minimum atomic E-state index is 0.0919. The molecule has 100 valence electrons. The molecule has 1 saturated heterocycles. The molecule has 2 rings (SSSR count). The van der Waals surface area contributed by atoms with E-state index in [9.17, 15) is 4.79 Å². The number of aromatic nitrogens is 2. The van der Waals surface area contributed by atoms with E-state index in [2.05, 4.69) is 35.7 Å². The van der Waals surface area contributed by atoms with Gasteiger partial charge in [-0.3, -0.25) is 4.79 Å². The van der Waals surface area contributed by atoms with Crippen LogP contribution in [0.4, 0.5) is 0 Å². The zero-order chi connectivity index (χ0) is 13.1. The Morgan fingerprint density at radius 1 is 1.56 bits per heavy atom. The molecule has 0 bridgehead atoms. The number of carbonyl (C=O) groups excluding carboxylic acids is 1. The third-order valence-corrected chi connectivity index (χ3v) is 4.02. The van der Waals surface area contributed by atoms with Crippen molar-refractivity contribution in [3.8, 4) is 0 Å². The molecule has 2 heterocycles. The summed E-state index contributed by atoms with van der Waals surface area (Å²) in [5, 5.41) is 7.45. The first kappa shape index (κ1) is 13.4. The van der Waals surface area contributed by atoms with Crippen molar-refractivity contribution >= 4 is 17.4 Å². The molecule has 0 saturated carbocycles. The van der Waals surface area contributed by atoms with Gasteiger partial charge in [0.1, 0.15) is 4.88 Å². The van der Waals surface area contributed by atoms with Crippen molar-refractivity contribution in [3.05, 3.63) is 10.6 Å². The molecule has 6 heteroatoms. The quantitative estimate of drug-likeness (QED) is 0.898. The van der Waals surface area contributed by atoms with Crippen LogP contribution in [0.3, 0.4) is 0 Å². The number of hydrogen-bond acceptors (Lipinski definition) is 5. The number of carbonyl (C=O) groups is 1. The summed E-state index contributed by atoms with van der Waals surface area (Å²) >= 11 is 1.22. The lowest BCUT2D eigenvalue weighted by Crippen LogP contribution is -2.56. The molecule has 18 heavy (non-hydrogen) atoms. The highest BCUT2D eigenvalue weighted by atomic mass is 32.1. The summed E-state index contributed by atoms with van der Waals surface area (Å²) in [5.41, 5.74) is 0.853. The van der Waals surface area contributed by atoms with E-state index in [1.54, 1.807) is 0 Å². The average Bonchev–Trinajstić information content (AvgIpc) is 2.80. The molecule has 1 aliphatic heterocycles. The fraction of sp³-hybridized carbons (Fsp3) is 0.750. The number of nitrogens with zero attached hydrogens (tertiary/aromatic N) is 3. The van der Waals surface area contributed by atoms with Gasteiger partial charge in [0.25, 0.3) is 5.91 Å². The van der Waals surface area contributed by atoms with Crippen LogP contribution in [-0.4, -0.2) is 45.6 Å². The monoisotopic (exact) mass is 268 g/mol. The Hall–Kier alpha value is -1.01. The predicted molar refractivity (Wildman–Crippen MR) is 71.9 cm³/mol. The van der Waals surface area contributed by atoms with Crippen molar-refractivity contribution in [2.45, 2.75) is 45.7 Å². The van der Waals surface area contributed by atoms with Crippen molar-refractivity contribution in [1.82, 2.24) is 19.8 Å². The van der Waals surface area contributed by atoms with Gasteiger partial charge in [-0.1, -0.05) is 17.8 Å². The molecule has 2 unspecified atom stereocenters. The van der Waals surface area contributed by atoms with Gasteiger partial charge >= 0.3 is 0 Å². The summed E-state index contributed by atoms with van der Waals surface area (Å²) in [6.07, 6.45) is 1.81. The smallest absolute Gasteiger partial charge is 0.267 e. The Morgan fingerprint density at radius 2 is 2.33 bits per heavy atom. The van der Waals surface area contributed by atoms with Crippen LogP contribution in [0.15, 0.2) is 0 Å². The lowest BCUT2D eigenvalue weighted by atomic mass is 10.1. The van der Waals surface area contributed by atoms with Gasteiger partial charge in [-0.2, -0.15) is 0 Å². The Bertz CT molecular complexity index is 420. The van der Waals surface area contributed by atoms with Crippen molar-refractivity contribution in [2.24, 2.45) is 0 Å².